The third-order valence-electron chi connectivity index (χ3n) is 3.68. The third-order valence-corrected chi connectivity index (χ3v) is 4.22. The van der Waals surface area contributed by atoms with Gasteiger partial charge in [-0.05, 0) is 12.8 Å². The van der Waals surface area contributed by atoms with Crippen LogP contribution in [0.1, 0.15) is 85.0 Å². The van der Waals surface area contributed by atoms with Crippen LogP contribution in [0.5, 0.6) is 0 Å². The van der Waals surface area contributed by atoms with Gasteiger partial charge in [0.1, 0.15) is 0 Å². The zero-order valence-corrected chi connectivity index (χ0v) is 12.8. The molecule has 0 saturated heterocycles. The molecule has 0 N–H and O–H groups in total. The summed E-state index contributed by atoms with van der Waals surface area (Å²) in [6, 6.07) is 0. The van der Waals surface area contributed by atoms with E-state index in [0.29, 0.717) is 0 Å². The molecule has 0 aliphatic heterocycles. The number of carbonyl (C=O) groups is 1. The molecule has 0 spiro atoms. The summed E-state index contributed by atoms with van der Waals surface area (Å²) in [5.41, 5.74) is -0.176. The lowest BCUT2D eigenvalue weighted by Gasteiger charge is -2.26. The highest BCUT2D eigenvalue weighted by Crippen LogP contribution is 2.33. The monoisotopic (exact) mass is 258 g/mol. The highest BCUT2D eigenvalue weighted by molar-refractivity contribution is 7.96. The molecule has 0 atom stereocenters. The van der Waals surface area contributed by atoms with Crippen LogP contribution in [0.2, 0.25) is 0 Å². The Morgan fingerprint density at radius 3 is 1.59 bits per heavy atom. The van der Waals surface area contributed by atoms with Gasteiger partial charge in [0.05, 0.1) is 0 Å². The molecule has 17 heavy (non-hydrogen) atoms. The average molecular weight is 258 g/mol. The fraction of sp³-hybridized carbons (Fsp3) is 0.933. The SMILES string of the molecule is CCCCCCC(C)(CCCCCC)C(=O)S. The summed E-state index contributed by atoms with van der Waals surface area (Å²) in [7, 11) is 0. The fourth-order valence-electron chi connectivity index (χ4n) is 2.22. The van der Waals surface area contributed by atoms with Gasteiger partial charge in [-0.1, -0.05) is 72.1 Å². The van der Waals surface area contributed by atoms with E-state index in [2.05, 4.69) is 33.4 Å². The van der Waals surface area contributed by atoms with Crippen LogP contribution in [0, 0.1) is 5.41 Å². The molecule has 0 heterocycles. The largest absolute Gasteiger partial charge is 0.287 e. The summed E-state index contributed by atoms with van der Waals surface area (Å²) in [6.45, 7) is 6.53. The number of carbonyl (C=O) groups excluding carboxylic acids is 1. The van der Waals surface area contributed by atoms with Gasteiger partial charge in [0.2, 0.25) is 0 Å². The predicted molar refractivity (Wildman–Crippen MR) is 79.6 cm³/mol. The van der Waals surface area contributed by atoms with E-state index in [1.165, 1.54) is 51.4 Å². The first-order valence-corrected chi connectivity index (χ1v) is 7.75. The normalized spacial score (nSPS) is 11.8. The maximum atomic E-state index is 11.7. The van der Waals surface area contributed by atoms with Gasteiger partial charge in [0.25, 0.3) is 0 Å². The van der Waals surface area contributed by atoms with Gasteiger partial charge in [-0.15, -0.1) is 12.6 Å². The standard InChI is InChI=1S/C15H30OS/c1-4-6-8-10-12-15(3,14(16)17)13-11-9-7-5-2/h4-13H2,1-3H3,(H,16,17). The minimum Gasteiger partial charge on any atom is -0.287 e. The van der Waals surface area contributed by atoms with E-state index >= 15 is 0 Å². The minimum absolute atomic E-state index is 0.0884. The lowest BCUT2D eigenvalue weighted by atomic mass is 9.81. The predicted octanol–water partition coefficient (Wildman–Crippen LogP) is 5.39. The van der Waals surface area contributed by atoms with E-state index in [-0.39, 0.29) is 10.5 Å². The van der Waals surface area contributed by atoms with Gasteiger partial charge in [0, 0.05) is 5.41 Å². The molecule has 0 rings (SSSR count). The van der Waals surface area contributed by atoms with Crippen molar-refractivity contribution in [1.82, 2.24) is 0 Å². The summed E-state index contributed by atoms with van der Waals surface area (Å²) in [5.74, 6) is 0. The first kappa shape index (κ1) is 17.0. The molecule has 0 bridgehead atoms. The van der Waals surface area contributed by atoms with Gasteiger partial charge >= 0.3 is 0 Å². The Morgan fingerprint density at radius 1 is 0.882 bits per heavy atom. The van der Waals surface area contributed by atoms with E-state index < -0.39 is 0 Å². The zero-order valence-electron chi connectivity index (χ0n) is 11.9. The smallest absolute Gasteiger partial charge is 0.191 e. The van der Waals surface area contributed by atoms with Gasteiger partial charge in [0.15, 0.2) is 5.12 Å². The highest BCUT2D eigenvalue weighted by Gasteiger charge is 2.29. The van der Waals surface area contributed by atoms with E-state index in [9.17, 15) is 4.79 Å². The maximum absolute atomic E-state index is 11.7. The van der Waals surface area contributed by atoms with Crippen LogP contribution in [-0.4, -0.2) is 5.12 Å². The second-order valence-electron chi connectivity index (χ2n) is 5.49. The molecule has 0 saturated carbocycles. The van der Waals surface area contributed by atoms with Crippen LogP contribution in [0.15, 0.2) is 0 Å². The number of thiol groups is 1. The number of unbranched alkanes of at least 4 members (excludes halogenated alkanes) is 6. The second-order valence-corrected chi connectivity index (χ2v) is 5.89. The Bertz CT molecular complexity index is 189. The maximum Gasteiger partial charge on any atom is 0.191 e. The Balaban J connectivity index is 3.94. The number of hydrogen-bond donors (Lipinski definition) is 1. The molecule has 0 unspecified atom stereocenters. The van der Waals surface area contributed by atoms with Gasteiger partial charge in [-0.25, -0.2) is 0 Å². The van der Waals surface area contributed by atoms with Crippen LogP contribution in [0.25, 0.3) is 0 Å². The van der Waals surface area contributed by atoms with Gasteiger partial charge < -0.3 is 0 Å². The summed E-state index contributed by atoms with van der Waals surface area (Å²) in [4.78, 5) is 11.7. The van der Waals surface area contributed by atoms with Gasteiger partial charge in [-0.2, -0.15) is 0 Å². The van der Waals surface area contributed by atoms with Crippen molar-refractivity contribution in [2.24, 2.45) is 5.41 Å². The molecule has 0 aromatic heterocycles. The van der Waals surface area contributed by atoms with Crippen molar-refractivity contribution in [2.75, 3.05) is 0 Å². The molecule has 102 valence electrons. The van der Waals surface area contributed by atoms with Crippen LogP contribution in [0.3, 0.4) is 0 Å². The van der Waals surface area contributed by atoms with Crippen molar-refractivity contribution in [1.29, 1.82) is 0 Å². The summed E-state index contributed by atoms with van der Waals surface area (Å²) in [5, 5.41) is 0.0884. The fourth-order valence-corrected chi connectivity index (χ4v) is 2.45. The highest BCUT2D eigenvalue weighted by atomic mass is 32.1. The molecule has 0 aromatic rings. The zero-order chi connectivity index (χ0) is 13.1. The van der Waals surface area contributed by atoms with Crippen molar-refractivity contribution in [3.05, 3.63) is 0 Å². The van der Waals surface area contributed by atoms with Crippen molar-refractivity contribution in [3.8, 4) is 0 Å². The molecule has 0 aliphatic rings. The lowest BCUT2D eigenvalue weighted by Crippen LogP contribution is -2.24. The lowest BCUT2D eigenvalue weighted by molar-refractivity contribution is -0.119. The van der Waals surface area contributed by atoms with Crippen LogP contribution >= 0.6 is 12.6 Å². The minimum atomic E-state index is -0.176. The molecule has 1 nitrogen and oxygen atoms in total. The molecule has 0 amide bonds. The number of hydrogen-bond acceptors (Lipinski definition) is 1. The molecular formula is C15H30OS. The Kier molecular flexibility index (Phi) is 10.0. The third kappa shape index (κ3) is 7.86. The topological polar surface area (TPSA) is 17.1 Å². The van der Waals surface area contributed by atoms with E-state index in [4.69, 9.17) is 0 Å². The van der Waals surface area contributed by atoms with E-state index in [0.717, 1.165) is 12.8 Å². The summed E-state index contributed by atoms with van der Waals surface area (Å²) in [6.07, 6.45) is 11.9. The van der Waals surface area contributed by atoms with Crippen LogP contribution in [-0.2, 0) is 4.79 Å². The van der Waals surface area contributed by atoms with E-state index in [1.54, 1.807) is 0 Å². The Morgan fingerprint density at radius 2 is 1.29 bits per heavy atom. The van der Waals surface area contributed by atoms with E-state index in [1.807, 2.05) is 0 Å². The van der Waals surface area contributed by atoms with Crippen molar-refractivity contribution < 1.29 is 4.79 Å². The van der Waals surface area contributed by atoms with Crippen molar-refractivity contribution in [3.63, 3.8) is 0 Å². The quantitative estimate of drug-likeness (QED) is 0.388. The van der Waals surface area contributed by atoms with Crippen molar-refractivity contribution in [2.45, 2.75) is 85.0 Å². The molecule has 2 heteroatoms. The van der Waals surface area contributed by atoms with Crippen LogP contribution < -0.4 is 0 Å². The average Bonchev–Trinajstić information content (AvgIpc) is 2.30. The molecular weight excluding hydrogens is 228 g/mol. The molecule has 0 fully saturated rings. The van der Waals surface area contributed by atoms with Crippen molar-refractivity contribution >= 4 is 17.7 Å². The molecule has 0 aliphatic carbocycles. The summed E-state index contributed by atoms with van der Waals surface area (Å²) < 4.78 is 0. The first-order chi connectivity index (χ1) is 8.06. The second kappa shape index (κ2) is 9.99. The van der Waals surface area contributed by atoms with Gasteiger partial charge in [-0.3, -0.25) is 4.79 Å². The Labute approximate surface area is 113 Å². The number of rotatable bonds is 11. The Hall–Kier alpha value is 0.0200. The summed E-state index contributed by atoms with van der Waals surface area (Å²) >= 11 is 4.09. The molecule has 0 aromatic carbocycles. The van der Waals surface area contributed by atoms with Crippen LogP contribution in [0.4, 0.5) is 0 Å². The first-order valence-electron chi connectivity index (χ1n) is 7.30. The molecule has 0 radical (unpaired) electrons.